The van der Waals surface area contributed by atoms with Gasteiger partial charge < -0.3 is 0 Å². The molecular formula is C20H19F4NO2S2. The van der Waals surface area contributed by atoms with Crippen molar-refractivity contribution in [2.75, 3.05) is 10.1 Å². The number of nitrogens with zero attached hydrogens (tertiary/aromatic N) is 1. The van der Waals surface area contributed by atoms with Gasteiger partial charge in [0, 0.05) is 4.70 Å². The summed E-state index contributed by atoms with van der Waals surface area (Å²) in [6.45, 7) is 3.07. The zero-order chi connectivity index (χ0) is 21.4. The van der Waals surface area contributed by atoms with Crippen molar-refractivity contribution in [3.63, 3.8) is 0 Å². The summed E-state index contributed by atoms with van der Waals surface area (Å²) in [5, 5.41) is 1.40. The highest BCUT2D eigenvalue weighted by Gasteiger charge is 2.35. The number of anilines is 1. The van der Waals surface area contributed by atoms with Crippen molar-refractivity contribution in [2.24, 2.45) is 0 Å². The van der Waals surface area contributed by atoms with Crippen LogP contribution < -0.4 is 4.31 Å². The number of thiophene rings is 1. The van der Waals surface area contributed by atoms with Gasteiger partial charge in [0.1, 0.15) is 10.8 Å². The lowest BCUT2D eigenvalue weighted by molar-refractivity contribution is -0.140. The van der Waals surface area contributed by atoms with Crippen LogP contribution in [0.5, 0.6) is 0 Å². The normalized spacial score (nSPS) is 12.5. The van der Waals surface area contributed by atoms with Crippen molar-refractivity contribution in [3.8, 4) is 0 Å². The summed E-state index contributed by atoms with van der Waals surface area (Å²) in [6, 6.07) is 10.0. The van der Waals surface area contributed by atoms with E-state index in [1.807, 2.05) is 31.2 Å². The molecule has 9 heteroatoms. The molecule has 0 bridgehead atoms. The average Bonchev–Trinajstić information content (AvgIpc) is 3.04. The zero-order valence-corrected chi connectivity index (χ0v) is 17.4. The first kappa shape index (κ1) is 21.6. The molecule has 29 heavy (non-hydrogen) atoms. The first-order chi connectivity index (χ1) is 13.6. The molecule has 3 rings (SSSR count). The summed E-state index contributed by atoms with van der Waals surface area (Å²) >= 11 is 1.28. The molecule has 1 aromatic heterocycles. The molecule has 2 aromatic carbocycles. The molecule has 3 aromatic rings. The zero-order valence-electron chi connectivity index (χ0n) is 15.8. The van der Waals surface area contributed by atoms with E-state index in [-0.39, 0.29) is 17.9 Å². The molecule has 0 amide bonds. The van der Waals surface area contributed by atoms with Gasteiger partial charge in [-0.25, -0.2) is 12.8 Å². The van der Waals surface area contributed by atoms with Gasteiger partial charge in [-0.15, -0.1) is 11.3 Å². The lowest BCUT2D eigenvalue weighted by Gasteiger charge is -2.24. The van der Waals surface area contributed by atoms with Crippen LogP contribution in [0.2, 0.25) is 0 Å². The standard InChI is InChI=1S/C20H19F4NO2S2/c1-3-14-15-7-5-6-8-18(15)28-19(14)25(29(26,27)4-2)12-13-9-10-17(21)16(11-13)20(22,23)24/h5-11H,3-4,12H2,1-2H3. The highest BCUT2D eigenvalue weighted by molar-refractivity contribution is 7.92. The molecule has 3 nitrogen and oxygen atoms in total. The number of benzene rings is 2. The van der Waals surface area contributed by atoms with Crippen LogP contribution in [0.4, 0.5) is 22.6 Å². The highest BCUT2D eigenvalue weighted by atomic mass is 32.2. The first-order valence-electron chi connectivity index (χ1n) is 8.95. The van der Waals surface area contributed by atoms with Gasteiger partial charge in [-0.1, -0.05) is 31.2 Å². The van der Waals surface area contributed by atoms with Crippen LogP contribution >= 0.6 is 11.3 Å². The third kappa shape index (κ3) is 4.25. The SMILES string of the molecule is CCc1c(N(Cc2ccc(F)c(C(F)(F)F)c2)S(=O)(=O)CC)sc2ccccc12. The number of hydrogen-bond acceptors (Lipinski definition) is 3. The molecule has 1 heterocycles. The van der Waals surface area contributed by atoms with E-state index < -0.39 is 27.6 Å². The Morgan fingerprint density at radius 3 is 2.38 bits per heavy atom. The maximum absolute atomic E-state index is 13.6. The summed E-state index contributed by atoms with van der Waals surface area (Å²) in [7, 11) is -3.78. The molecule has 0 atom stereocenters. The van der Waals surface area contributed by atoms with Crippen LogP contribution in [0.1, 0.15) is 30.5 Å². The largest absolute Gasteiger partial charge is 0.419 e. The third-order valence-corrected chi connectivity index (χ3v) is 7.68. The van der Waals surface area contributed by atoms with Crippen molar-refractivity contribution >= 4 is 36.4 Å². The van der Waals surface area contributed by atoms with Crippen molar-refractivity contribution < 1.29 is 26.0 Å². The molecule has 0 unspecified atom stereocenters. The van der Waals surface area contributed by atoms with Crippen molar-refractivity contribution in [3.05, 3.63) is 65.0 Å². The number of hydrogen-bond donors (Lipinski definition) is 0. The second kappa shape index (κ2) is 7.95. The Kier molecular flexibility index (Phi) is 5.91. The number of alkyl halides is 3. The van der Waals surface area contributed by atoms with Crippen LogP contribution in [0, 0.1) is 5.82 Å². The van der Waals surface area contributed by atoms with Crippen LogP contribution in [0.15, 0.2) is 42.5 Å². The van der Waals surface area contributed by atoms with Crippen molar-refractivity contribution in [2.45, 2.75) is 33.0 Å². The van der Waals surface area contributed by atoms with Gasteiger partial charge in [-0.05, 0) is 48.1 Å². The van der Waals surface area contributed by atoms with Crippen LogP contribution in [0.25, 0.3) is 10.1 Å². The number of sulfonamides is 1. The minimum Gasteiger partial charge on any atom is -0.256 e. The molecule has 0 saturated heterocycles. The van der Waals surface area contributed by atoms with Gasteiger partial charge in [-0.3, -0.25) is 4.31 Å². The van der Waals surface area contributed by atoms with Crippen molar-refractivity contribution in [1.29, 1.82) is 0 Å². The van der Waals surface area contributed by atoms with E-state index in [0.717, 1.165) is 26.0 Å². The van der Waals surface area contributed by atoms with E-state index in [1.54, 1.807) is 0 Å². The van der Waals surface area contributed by atoms with Crippen LogP contribution in [-0.4, -0.2) is 14.2 Å². The van der Waals surface area contributed by atoms with E-state index in [9.17, 15) is 26.0 Å². The number of aryl methyl sites for hydroxylation is 1. The molecule has 0 aliphatic carbocycles. The van der Waals surface area contributed by atoms with E-state index in [4.69, 9.17) is 0 Å². The number of rotatable bonds is 6. The lowest BCUT2D eigenvalue weighted by Crippen LogP contribution is -2.32. The molecule has 0 aliphatic heterocycles. The Balaban J connectivity index is 2.14. The maximum Gasteiger partial charge on any atom is 0.419 e. The Hall–Kier alpha value is -2.13. The van der Waals surface area contributed by atoms with Crippen LogP contribution in [0.3, 0.4) is 0 Å². The van der Waals surface area contributed by atoms with Gasteiger partial charge in [0.05, 0.1) is 17.9 Å². The van der Waals surface area contributed by atoms with Crippen LogP contribution in [-0.2, 0) is 29.2 Å². The second-order valence-corrected chi connectivity index (χ2v) is 9.67. The lowest BCUT2D eigenvalue weighted by atomic mass is 10.1. The highest BCUT2D eigenvalue weighted by Crippen LogP contribution is 2.41. The first-order valence-corrected chi connectivity index (χ1v) is 11.4. The Morgan fingerprint density at radius 2 is 1.76 bits per heavy atom. The Labute approximate surface area is 170 Å². The monoisotopic (exact) mass is 445 g/mol. The van der Waals surface area contributed by atoms with Gasteiger partial charge >= 0.3 is 6.18 Å². The predicted octanol–water partition coefficient (Wildman–Crippen LogP) is 5.98. The summed E-state index contributed by atoms with van der Waals surface area (Å²) in [5.74, 6) is -1.60. The van der Waals surface area contributed by atoms with E-state index in [0.29, 0.717) is 17.5 Å². The van der Waals surface area contributed by atoms with E-state index in [2.05, 4.69) is 0 Å². The summed E-state index contributed by atoms with van der Waals surface area (Å²) in [5.41, 5.74) is -0.521. The average molecular weight is 446 g/mol. The van der Waals surface area contributed by atoms with Gasteiger partial charge in [0.15, 0.2) is 0 Å². The molecule has 0 aliphatic rings. The van der Waals surface area contributed by atoms with Crippen molar-refractivity contribution in [1.82, 2.24) is 0 Å². The number of fused-ring (bicyclic) bond motifs is 1. The fourth-order valence-electron chi connectivity index (χ4n) is 3.14. The summed E-state index contributed by atoms with van der Waals surface area (Å²) < 4.78 is 80.6. The molecule has 0 saturated carbocycles. The summed E-state index contributed by atoms with van der Waals surface area (Å²) in [4.78, 5) is 0. The Bertz CT molecular complexity index is 1140. The quantitative estimate of drug-likeness (QED) is 0.438. The molecule has 156 valence electrons. The minimum absolute atomic E-state index is 0.0651. The minimum atomic E-state index is -4.86. The predicted molar refractivity (Wildman–Crippen MR) is 108 cm³/mol. The molecular weight excluding hydrogens is 426 g/mol. The molecule has 0 radical (unpaired) electrons. The fourth-order valence-corrected chi connectivity index (χ4v) is 5.81. The summed E-state index contributed by atoms with van der Waals surface area (Å²) in [6.07, 6.45) is -4.30. The molecule has 0 fully saturated rings. The maximum atomic E-state index is 13.6. The fraction of sp³-hybridized carbons (Fsp3) is 0.300. The smallest absolute Gasteiger partial charge is 0.256 e. The van der Waals surface area contributed by atoms with E-state index in [1.165, 1.54) is 24.3 Å². The van der Waals surface area contributed by atoms with Gasteiger partial charge in [-0.2, -0.15) is 13.2 Å². The van der Waals surface area contributed by atoms with E-state index >= 15 is 0 Å². The Morgan fingerprint density at radius 1 is 1.07 bits per heavy atom. The number of halogens is 4. The molecule has 0 N–H and O–H groups in total. The van der Waals surface area contributed by atoms with Gasteiger partial charge in [0.25, 0.3) is 0 Å². The van der Waals surface area contributed by atoms with Gasteiger partial charge in [0.2, 0.25) is 10.0 Å². The third-order valence-electron chi connectivity index (χ3n) is 4.62. The topological polar surface area (TPSA) is 37.4 Å². The molecule has 0 spiro atoms. The second-order valence-electron chi connectivity index (χ2n) is 6.45.